The zero-order valence-electron chi connectivity index (χ0n) is 21.2. The van der Waals surface area contributed by atoms with Gasteiger partial charge < -0.3 is 34.1 Å². The normalized spacial score (nSPS) is 27.8. The van der Waals surface area contributed by atoms with Crippen molar-refractivity contribution in [3.05, 3.63) is 83.9 Å². The van der Waals surface area contributed by atoms with Crippen LogP contribution in [0.2, 0.25) is 0 Å². The van der Waals surface area contributed by atoms with Crippen molar-refractivity contribution in [1.29, 1.82) is 0 Å². The summed E-state index contributed by atoms with van der Waals surface area (Å²) in [7, 11) is 0. The summed E-state index contributed by atoms with van der Waals surface area (Å²) in [4.78, 5) is 23.9. The van der Waals surface area contributed by atoms with Crippen LogP contribution in [0.5, 0.6) is 0 Å². The van der Waals surface area contributed by atoms with Crippen LogP contribution < -0.4 is 5.32 Å². The third-order valence-electron chi connectivity index (χ3n) is 6.72. The monoisotopic (exact) mass is 521 g/mol. The average molecular weight is 522 g/mol. The number of carbonyl (C=O) groups excluding carboxylic acids is 1. The molecule has 2 saturated heterocycles. The number of carboxylic acids is 1. The van der Waals surface area contributed by atoms with Gasteiger partial charge in [0.1, 0.15) is 24.4 Å². The van der Waals surface area contributed by atoms with Crippen molar-refractivity contribution < 1.29 is 38.4 Å². The van der Waals surface area contributed by atoms with Gasteiger partial charge in [-0.15, -0.1) is 0 Å². The molecule has 38 heavy (non-hydrogen) atoms. The molecule has 0 spiro atoms. The molecule has 0 saturated carbocycles. The molecule has 7 unspecified atom stereocenters. The fraction of sp³-hybridized carbons (Fsp3) is 0.379. The van der Waals surface area contributed by atoms with Crippen LogP contribution in [-0.2, 0) is 39.9 Å². The number of fused-ring (bicyclic) bond motifs is 2. The van der Waals surface area contributed by atoms with Gasteiger partial charge in [-0.25, -0.2) is 4.79 Å². The van der Waals surface area contributed by atoms with E-state index in [2.05, 4.69) is 5.32 Å². The molecule has 5 rings (SSSR count). The first kappa shape index (κ1) is 26.3. The van der Waals surface area contributed by atoms with Crippen LogP contribution in [0, 0.1) is 0 Å². The van der Waals surface area contributed by atoms with Gasteiger partial charge in [-0.05, 0) is 29.3 Å². The van der Waals surface area contributed by atoms with E-state index in [-0.39, 0.29) is 19.1 Å². The van der Waals surface area contributed by atoms with E-state index in [0.717, 1.165) is 21.9 Å². The fourth-order valence-electron chi connectivity index (χ4n) is 4.84. The van der Waals surface area contributed by atoms with Crippen molar-refractivity contribution in [1.82, 2.24) is 5.32 Å². The highest BCUT2D eigenvalue weighted by molar-refractivity contribution is 5.83. The van der Waals surface area contributed by atoms with Crippen molar-refractivity contribution in [2.75, 3.05) is 6.61 Å². The molecule has 2 fully saturated rings. The number of rotatable bonds is 8. The quantitative estimate of drug-likeness (QED) is 0.463. The predicted molar refractivity (Wildman–Crippen MR) is 137 cm³/mol. The fourth-order valence-corrected chi connectivity index (χ4v) is 4.84. The lowest BCUT2D eigenvalue weighted by Gasteiger charge is -2.49. The maximum absolute atomic E-state index is 12.2. The lowest BCUT2D eigenvalue weighted by atomic mass is 9.95. The summed E-state index contributed by atoms with van der Waals surface area (Å²) in [5, 5.41) is 14.6. The zero-order valence-corrected chi connectivity index (χ0v) is 21.2. The molecule has 9 nitrogen and oxygen atoms in total. The zero-order chi connectivity index (χ0) is 26.6. The maximum atomic E-state index is 12.2. The van der Waals surface area contributed by atoms with Crippen LogP contribution >= 0.6 is 0 Å². The molecule has 0 bridgehead atoms. The van der Waals surface area contributed by atoms with Gasteiger partial charge in [-0.3, -0.25) is 4.79 Å². The summed E-state index contributed by atoms with van der Waals surface area (Å²) in [6.45, 7) is 3.20. The summed E-state index contributed by atoms with van der Waals surface area (Å²) in [6, 6.07) is 22.6. The molecule has 0 aliphatic carbocycles. The Morgan fingerprint density at radius 1 is 1.03 bits per heavy atom. The molecule has 2 aliphatic rings. The van der Waals surface area contributed by atoms with E-state index >= 15 is 0 Å². The summed E-state index contributed by atoms with van der Waals surface area (Å²) < 4.78 is 30.7. The van der Waals surface area contributed by atoms with Crippen LogP contribution in [0.3, 0.4) is 0 Å². The predicted octanol–water partition coefficient (Wildman–Crippen LogP) is 3.56. The van der Waals surface area contributed by atoms with Gasteiger partial charge in [0.05, 0.1) is 13.2 Å². The minimum absolute atomic E-state index is 0.175. The second kappa shape index (κ2) is 11.6. The van der Waals surface area contributed by atoms with Crippen molar-refractivity contribution in [2.45, 2.75) is 63.5 Å². The standard InChI is InChI=1S/C29H31NO8/c1-17(27(32)33)36-26-24(30-18(2)31)29(34-15-19-12-13-20-8-6-7-11-22(20)14-19)37-23-16-35-28(38-25(23)26)21-9-4-3-5-10-21/h3-14,17,23-26,28-29H,15-16H2,1-2H3,(H,30,31)(H,32,33). The average Bonchev–Trinajstić information content (AvgIpc) is 2.93. The van der Waals surface area contributed by atoms with Crippen LogP contribution in [-0.4, -0.2) is 60.3 Å². The number of hydrogen-bond acceptors (Lipinski definition) is 7. The first-order chi connectivity index (χ1) is 18.4. The number of aliphatic carboxylic acids is 1. The molecule has 3 aromatic carbocycles. The number of hydrogen-bond donors (Lipinski definition) is 2. The lowest BCUT2D eigenvalue weighted by molar-refractivity contribution is -0.351. The van der Waals surface area contributed by atoms with Crippen LogP contribution in [0.1, 0.15) is 31.3 Å². The molecule has 200 valence electrons. The molecule has 0 radical (unpaired) electrons. The van der Waals surface area contributed by atoms with Crippen molar-refractivity contribution in [3.63, 3.8) is 0 Å². The Hall–Kier alpha value is -3.34. The first-order valence-electron chi connectivity index (χ1n) is 12.6. The molecular weight excluding hydrogens is 490 g/mol. The van der Waals surface area contributed by atoms with E-state index in [4.69, 9.17) is 23.7 Å². The maximum Gasteiger partial charge on any atom is 0.332 e. The van der Waals surface area contributed by atoms with Gasteiger partial charge >= 0.3 is 5.97 Å². The molecule has 2 heterocycles. The highest BCUT2D eigenvalue weighted by Gasteiger charge is 2.52. The third-order valence-corrected chi connectivity index (χ3v) is 6.72. The Morgan fingerprint density at radius 3 is 2.50 bits per heavy atom. The number of carboxylic acid groups (broad SMARTS) is 1. The molecule has 2 N–H and O–H groups in total. The second-order valence-corrected chi connectivity index (χ2v) is 9.52. The number of amides is 1. The highest BCUT2D eigenvalue weighted by Crippen LogP contribution is 2.36. The topological polar surface area (TPSA) is 113 Å². The molecule has 7 atom stereocenters. The molecule has 9 heteroatoms. The van der Waals surface area contributed by atoms with Gasteiger partial charge in [0, 0.05) is 12.5 Å². The van der Waals surface area contributed by atoms with Crippen LogP contribution in [0.25, 0.3) is 10.8 Å². The highest BCUT2D eigenvalue weighted by atomic mass is 16.8. The van der Waals surface area contributed by atoms with Gasteiger partial charge in [-0.2, -0.15) is 0 Å². The van der Waals surface area contributed by atoms with Crippen molar-refractivity contribution >= 4 is 22.6 Å². The van der Waals surface area contributed by atoms with Gasteiger partial charge in [0.15, 0.2) is 18.7 Å². The molecule has 2 aliphatic heterocycles. The lowest BCUT2D eigenvalue weighted by Crippen LogP contribution is -2.67. The van der Waals surface area contributed by atoms with E-state index in [9.17, 15) is 14.7 Å². The molecular formula is C29H31NO8. The second-order valence-electron chi connectivity index (χ2n) is 9.52. The van der Waals surface area contributed by atoms with Gasteiger partial charge in [0.25, 0.3) is 0 Å². The third kappa shape index (κ3) is 5.87. The smallest absolute Gasteiger partial charge is 0.332 e. The van der Waals surface area contributed by atoms with Crippen molar-refractivity contribution in [3.8, 4) is 0 Å². The van der Waals surface area contributed by atoms with E-state index in [1.165, 1.54) is 13.8 Å². The Balaban J connectivity index is 1.40. The summed E-state index contributed by atoms with van der Waals surface area (Å²) in [5.41, 5.74) is 1.73. The first-order valence-corrected chi connectivity index (χ1v) is 12.6. The Labute approximate surface area is 220 Å². The van der Waals surface area contributed by atoms with Crippen LogP contribution in [0.15, 0.2) is 72.8 Å². The van der Waals surface area contributed by atoms with Crippen molar-refractivity contribution in [2.24, 2.45) is 0 Å². The Kier molecular flexibility index (Phi) is 8.01. The molecule has 0 aromatic heterocycles. The van der Waals surface area contributed by atoms with E-state index in [1.807, 2.05) is 72.8 Å². The molecule has 3 aromatic rings. The Morgan fingerprint density at radius 2 is 1.76 bits per heavy atom. The van der Waals surface area contributed by atoms with E-state index in [0.29, 0.717) is 0 Å². The van der Waals surface area contributed by atoms with E-state index < -0.39 is 49.0 Å². The van der Waals surface area contributed by atoms with Crippen LogP contribution in [0.4, 0.5) is 0 Å². The Bertz CT molecular complexity index is 1270. The number of benzene rings is 3. The minimum Gasteiger partial charge on any atom is -0.479 e. The largest absolute Gasteiger partial charge is 0.479 e. The molecule has 1 amide bonds. The van der Waals surface area contributed by atoms with Gasteiger partial charge in [-0.1, -0.05) is 66.7 Å². The summed E-state index contributed by atoms with van der Waals surface area (Å²) >= 11 is 0. The number of ether oxygens (including phenoxy) is 5. The minimum atomic E-state index is -1.15. The SMILES string of the molecule is CC(=O)NC1C(OCc2ccc3ccccc3c2)OC2COC(c3ccccc3)OC2C1OC(C)C(=O)O. The number of carbonyl (C=O) groups is 2. The summed E-state index contributed by atoms with van der Waals surface area (Å²) in [6.07, 6.45) is -4.97. The van der Waals surface area contributed by atoms with E-state index in [1.54, 1.807) is 0 Å². The summed E-state index contributed by atoms with van der Waals surface area (Å²) in [5.74, 6) is -1.46. The van der Waals surface area contributed by atoms with Gasteiger partial charge in [0.2, 0.25) is 5.91 Å². The number of nitrogens with one attached hydrogen (secondary N) is 1.